The number of carbonyl (C=O) groups is 2. The zero-order valence-electron chi connectivity index (χ0n) is 16.4. The minimum Gasteiger partial charge on any atom is -0.325 e. The number of halogens is 1. The Labute approximate surface area is 181 Å². The lowest BCUT2D eigenvalue weighted by molar-refractivity contribution is -0.384. The molecule has 1 unspecified atom stereocenters. The summed E-state index contributed by atoms with van der Waals surface area (Å²) in [5.41, 5.74) is 1.05. The normalized spacial score (nSPS) is 11.4. The summed E-state index contributed by atoms with van der Waals surface area (Å²) in [7, 11) is 0. The number of amides is 2. The van der Waals surface area contributed by atoms with Gasteiger partial charge in [0.05, 0.1) is 10.2 Å². The topological polar surface area (TPSA) is 101 Å². The van der Waals surface area contributed by atoms with E-state index in [2.05, 4.69) is 10.6 Å². The van der Waals surface area contributed by atoms with E-state index in [0.29, 0.717) is 16.9 Å². The summed E-state index contributed by atoms with van der Waals surface area (Å²) < 4.78 is 13.3. The molecule has 9 heteroatoms. The average molecular weight is 439 g/mol. The Morgan fingerprint density at radius 1 is 0.968 bits per heavy atom. The highest BCUT2D eigenvalue weighted by molar-refractivity contribution is 8.00. The molecule has 0 spiro atoms. The number of carbonyl (C=O) groups excluding carboxylic acids is 2. The first-order chi connectivity index (χ1) is 14.8. The van der Waals surface area contributed by atoms with Gasteiger partial charge in [0.2, 0.25) is 5.91 Å². The highest BCUT2D eigenvalue weighted by atomic mass is 32.2. The molecule has 0 bridgehead atoms. The number of rotatable bonds is 7. The summed E-state index contributed by atoms with van der Waals surface area (Å²) in [6, 6.07) is 17.9. The van der Waals surface area contributed by atoms with Gasteiger partial charge in [-0.2, -0.15) is 0 Å². The van der Waals surface area contributed by atoms with Crippen molar-refractivity contribution < 1.29 is 18.9 Å². The molecule has 1 atom stereocenters. The average Bonchev–Trinajstić information content (AvgIpc) is 2.74. The number of nitrogens with zero attached hydrogens (tertiary/aromatic N) is 1. The van der Waals surface area contributed by atoms with Crippen molar-refractivity contribution in [2.45, 2.75) is 17.1 Å². The van der Waals surface area contributed by atoms with Crippen LogP contribution in [-0.2, 0) is 4.79 Å². The van der Waals surface area contributed by atoms with Crippen LogP contribution < -0.4 is 10.6 Å². The maximum Gasteiger partial charge on any atom is 0.269 e. The smallest absolute Gasteiger partial charge is 0.269 e. The number of non-ortho nitro benzene ring substituents is 1. The molecule has 0 fully saturated rings. The Balaban J connectivity index is 1.62. The monoisotopic (exact) mass is 439 g/mol. The van der Waals surface area contributed by atoms with Crippen molar-refractivity contribution in [1.29, 1.82) is 0 Å². The zero-order valence-corrected chi connectivity index (χ0v) is 17.2. The van der Waals surface area contributed by atoms with Crippen LogP contribution in [0.3, 0.4) is 0 Å². The third kappa shape index (κ3) is 6.13. The molecular weight excluding hydrogens is 421 g/mol. The second-order valence-electron chi connectivity index (χ2n) is 6.55. The highest BCUT2D eigenvalue weighted by Gasteiger charge is 2.16. The minimum atomic E-state index is -0.484. The number of hydrogen-bond donors (Lipinski definition) is 2. The van der Waals surface area contributed by atoms with E-state index in [4.69, 9.17) is 0 Å². The van der Waals surface area contributed by atoms with Gasteiger partial charge in [0, 0.05) is 34.0 Å². The van der Waals surface area contributed by atoms with Gasteiger partial charge in [0.15, 0.2) is 0 Å². The van der Waals surface area contributed by atoms with Crippen LogP contribution >= 0.6 is 11.8 Å². The van der Waals surface area contributed by atoms with Crippen molar-refractivity contribution in [2.24, 2.45) is 0 Å². The third-order valence-corrected chi connectivity index (χ3v) is 5.32. The predicted octanol–water partition coefficient (Wildman–Crippen LogP) is 5.11. The first-order valence-electron chi connectivity index (χ1n) is 9.21. The van der Waals surface area contributed by atoms with Gasteiger partial charge in [0.1, 0.15) is 5.82 Å². The summed E-state index contributed by atoms with van der Waals surface area (Å²) in [4.78, 5) is 35.9. The molecule has 0 aliphatic carbocycles. The Morgan fingerprint density at radius 3 is 2.26 bits per heavy atom. The first-order valence-corrected chi connectivity index (χ1v) is 10.1. The molecule has 3 aromatic carbocycles. The lowest BCUT2D eigenvalue weighted by atomic mass is 10.1. The van der Waals surface area contributed by atoms with Crippen LogP contribution in [-0.4, -0.2) is 22.0 Å². The van der Waals surface area contributed by atoms with E-state index in [9.17, 15) is 24.1 Å². The molecular formula is C22H18FN3O4S. The van der Waals surface area contributed by atoms with Crippen molar-refractivity contribution >= 4 is 40.6 Å². The third-order valence-electron chi connectivity index (χ3n) is 4.20. The van der Waals surface area contributed by atoms with E-state index in [1.807, 2.05) is 0 Å². The second kappa shape index (κ2) is 9.86. The van der Waals surface area contributed by atoms with Crippen molar-refractivity contribution in [3.63, 3.8) is 0 Å². The molecule has 0 aliphatic rings. The van der Waals surface area contributed by atoms with E-state index in [1.165, 1.54) is 48.2 Å². The lowest BCUT2D eigenvalue weighted by Gasteiger charge is -2.13. The van der Waals surface area contributed by atoms with Crippen LogP contribution in [0.5, 0.6) is 0 Å². The summed E-state index contributed by atoms with van der Waals surface area (Å²) in [6.45, 7) is 1.71. The highest BCUT2D eigenvalue weighted by Crippen LogP contribution is 2.26. The SMILES string of the molecule is CC(Sc1ccc([N+](=O)[O-])cc1)C(=O)Nc1cccc(C(=O)Nc2cccc(F)c2)c1. The predicted molar refractivity (Wildman–Crippen MR) is 118 cm³/mol. The molecule has 7 nitrogen and oxygen atoms in total. The van der Waals surface area contributed by atoms with Gasteiger partial charge in [-0.15, -0.1) is 11.8 Å². The molecule has 158 valence electrons. The fourth-order valence-electron chi connectivity index (χ4n) is 2.66. The van der Waals surface area contributed by atoms with Gasteiger partial charge in [0.25, 0.3) is 11.6 Å². The van der Waals surface area contributed by atoms with Gasteiger partial charge < -0.3 is 10.6 Å². The fourth-order valence-corrected chi connectivity index (χ4v) is 3.52. The van der Waals surface area contributed by atoms with E-state index in [-0.39, 0.29) is 11.6 Å². The van der Waals surface area contributed by atoms with Gasteiger partial charge in [-0.1, -0.05) is 12.1 Å². The molecule has 2 amide bonds. The maximum atomic E-state index is 13.3. The van der Waals surface area contributed by atoms with Gasteiger partial charge in [-0.05, 0) is 55.5 Å². The van der Waals surface area contributed by atoms with Crippen LogP contribution in [0.1, 0.15) is 17.3 Å². The largest absolute Gasteiger partial charge is 0.325 e. The van der Waals surface area contributed by atoms with Gasteiger partial charge in [-0.3, -0.25) is 19.7 Å². The lowest BCUT2D eigenvalue weighted by Crippen LogP contribution is -2.22. The molecule has 2 N–H and O–H groups in total. The van der Waals surface area contributed by atoms with Crippen LogP contribution in [0.25, 0.3) is 0 Å². The Kier molecular flexibility index (Phi) is 6.99. The first kappa shape index (κ1) is 22.0. The number of nitrogens with one attached hydrogen (secondary N) is 2. The molecule has 3 rings (SSSR count). The number of anilines is 2. The van der Waals surface area contributed by atoms with Crippen molar-refractivity contribution in [2.75, 3.05) is 10.6 Å². The standard InChI is InChI=1S/C22H18FN3O4S/c1-14(31-20-10-8-19(9-11-20)26(29)30)21(27)24-17-6-2-4-15(12-17)22(28)25-18-7-3-5-16(23)13-18/h2-14H,1H3,(H,24,27)(H,25,28). The Bertz CT molecular complexity index is 1120. The maximum absolute atomic E-state index is 13.3. The summed E-state index contributed by atoms with van der Waals surface area (Å²) >= 11 is 1.26. The Morgan fingerprint density at radius 2 is 1.61 bits per heavy atom. The number of hydrogen-bond acceptors (Lipinski definition) is 5. The van der Waals surface area contributed by atoms with E-state index < -0.39 is 21.9 Å². The molecule has 31 heavy (non-hydrogen) atoms. The molecule has 0 aromatic heterocycles. The molecule has 0 aliphatic heterocycles. The van der Waals surface area contributed by atoms with E-state index in [1.54, 1.807) is 43.3 Å². The molecule has 0 saturated carbocycles. The van der Waals surface area contributed by atoms with Crippen molar-refractivity contribution in [1.82, 2.24) is 0 Å². The Hall–Kier alpha value is -3.72. The van der Waals surface area contributed by atoms with Crippen molar-refractivity contribution in [3.05, 3.63) is 94.3 Å². The zero-order chi connectivity index (χ0) is 22.4. The van der Waals surface area contributed by atoms with Gasteiger partial charge in [-0.25, -0.2) is 4.39 Å². The van der Waals surface area contributed by atoms with Crippen LogP contribution in [0.4, 0.5) is 21.5 Å². The number of nitro benzene ring substituents is 1. The second-order valence-corrected chi connectivity index (χ2v) is 7.96. The fraction of sp³-hybridized carbons (Fsp3) is 0.0909. The van der Waals surface area contributed by atoms with Crippen LogP contribution in [0, 0.1) is 15.9 Å². The summed E-state index contributed by atoms with van der Waals surface area (Å²) in [6.07, 6.45) is 0. The van der Waals surface area contributed by atoms with Crippen LogP contribution in [0.2, 0.25) is 0 Å². The van der Waals surface area contributed by atoms with E-state index >= 15 is 0 Å². The van der Waals surface area contributed by atoms with Crippen molar-refractivity contribution in [3.8, 4) is 0 Å². The minimum absolute atomic E-state index is 0.0187. The molecule has 0 heterocycles. The van der Waals surface area contributed by atoms with E-state index in [0.717, 1.165) is 4.90 Å². The quantitative estimate of drug-likeness (QED) is 0.303. The number of thioether (sulfide) groups is 1. The van der Waals surface area contributed by atoms with Gasteiger partial charge >= 0.3 is 0 Å². The molecule has 3 aromatic rings. The summed E-state index contributed by atoms with van der Waals surface area (Å²) in [5, 5.41) is 15.6. The number of nitro groups is 1. The summed E-state index contributed by atoms with van der Waals surface area (Å²) in [5.74, 6) is -1.18. The molecule has 0 saturated heterocycles. The van der Waals surface area contributed by atoms with Crippen LogP contribution in [0.15, 0.2) is 77.7 Å². The number of benzene rings is 3. The molecule has 0 radical (unpaired) electrons.